The molecule has 3 rings (SSSR count). The van der Waals surface area contributed by atoms with Gasteiger partial charge in [0.1, 0.15) is 22.4 Å². The molecule has 0 N–H and O–H groups in total. The van der Waals surface area contributed by atoms with Crippen LogP contribution in [0.5, 0.6) is 11.5 Å². The normalized spacial score (nSPS) is 17.3. The molecule has 0 radical (unpaired) electrons. The van der Waals surface area contributed by atoms with Crippen molar-refractivity contribution in [3.8, 4) is 11.5 Å². The van der Waals surface area contributed by atoms with E-state index in [-0.39, 0.29) is 11.3 Å². The summed E-state index contributed by atoms with van der Waals surface area (Å²) < 4.78 is 10.8. The van der Waals surface area contributed by atoms with Crippen LogP contribution in [0.2, 0.25) is 0 Å². The molecule has 1 aromatic carbocycles. The maximum absolute atomic E-state index is 13.2. The molecule has 2 aromatic rings. The van der Waals surface area contributed by atoms with E-state index in [0.29, 0.717) is 17.1 Å². The minimum absolute atomic E-state index is 0.0413. The molecule has 1 fully saturated rings. The van der Waals surface area contributed by atoms with Crippen LogP contribution in [-0.2, 0) is 0 Å². The van der Waals surface area contributed by atoms with Crippen LogP contribution >= 0.6 is 23.1 Å². The molecule has 0 aliphatic carbocycles. The van der Waals surface area contributed by atoms with E-state index >= 15 is 0 Å². The van der Waals surface area contributed by atoms with Gasteiger partial charge in [0.05, 0.1) is 14.2 Å². The SMILES string of the molecule is COc1cccc(OC)c1C(=O)N1CCS[C@@H]1c1ccc(C)s1. The van der Waals surface area contributed by atoms with Crippen LogP contribution in [0.3, 0.4) is 0 Å². The van der Waals surface area contributed by atoms with Gasteiger partial charge in [-0.2, -0.15) is 0 Å². The van der Waals surface area contributed by atoms with Crippen molar-refractivity contribution in [2.45, 2.75) is 12.3 Å². The quantitative estimate of drug-likeness (QED) is 0.837. The maximum atomic E-state index is 13.2. The molecule has 1 aromatic heterocycles. The molecule has 4 nitrogen and oxygen atoms in total. The highest BCUT2D eigenvalue weighted by Gasteiger charge is 2.34. The summed E-state index contributed by atoms with van der Waals surface area (Å²) in [6, 6.07) is 9.63. The molecular weight excluding hydrogens is 330 g/mol. The zero-order valence-electron chi connectivity index (χ0n) is 13.4. The van der Waals surface area contributed by atoms with Gasteiger partial charge in [0, 0.05) is 22.1 Å². The second kappa shape index (κ2) is 6.84. The number of nitrogens with zero attached hydrogens (tertiary/aromatic N) is 1. The van der Waals surface area contributed by atoms with E-state index in [1.165, 1.54) is 9.75 Å². The first kappa shape index (κ1) is 16.2. The second-order valence-corrected chi connectivity index (χ2v) is 7.72. The Morgan fingerprint density at radius 2 is 1.87 bits per heavy atom. The van der Waals surface area contributed by atoms with E-state index in [0.717, 1.165) is 12.3 Å². The highest BCUT2D eigenvalue weighted by Crippen LogP contribution is 2.43. The van der Waals surface area contributed by atoms with Gasteiger partial charge in [-0.25, -0.2) is 0 Å². The second-order valence-electron chi connectivity index (χ2n) is 5.21. The molecule has 122 valence electrons. The third-order valence-electron chi connectivity index (χ3n) is 3.80. The van der Waals surface area contributed by atoms with Crippen molar-refractivity contribution >= 4 is 29.0 Å². The highest BCUT2D eigenvalue weighted by atomic mass is 32.2. The van der Waals surface area contributed by atoms with E-state index in [2.05, 4.69) is 19.1 Å². The molecule has 1 aliphatic heterocycles. The smallest absolute Gasteiger partial charge is 0.262 e. The number of thiophene rings is 1. The Kier molecular flexibility index (Phi) is 4.82. The van der Waals surface area contributed by atoms with Crippen molar-refractivity contribution in [2.75, 3.05) is 26.5 Å². The van der Waals surface area contributed by atoms with Gasteiger partial charge in [-0.1, -0.05) is 6.07 Å². The van der Waals surface area contributed by atoms with Crippen LogP contribution in [0.15, 0.2) is 30.3 Å². The number of methoxy groups -OCH3 is 2. The number of benzene rings is 1. The largest absolute Gasteiger partial charge is 0.496 e. The Balaban J connectivity index is 1.96. The zero-order valence-corrected chi connectivity index (χ0v) is 15.0. The van der Waals surface area contributed by atoms with Crippen molar-refractivity contribution in [1.82, 2.24) is 4.90 Å². The molecule has 0 saturated carbocycles. The summed E-state index contributed by atoms with van der Waals surface area (Å²) in [7, 11) is 3.15. The van der Waals surface area contributed by atoms with Gasteiger partial charge in [0.2, 0.25) is 0 Å². The Hall–Kier alpha value is -1.66. The molecule has 1 aliphatic rings. The maximum Gasteiger partial charge on any atom is 0.262 e. The fraction of sp³-hybridized carbons (Fsp3) is 0.353. The lowest BCUT2D eigenvalue weighted by atomic mass is 10.1. The molecule has 0 bridgehead atoms. The van der Waals surface area contributed by atoms with Gasteiger partial charge in [-0.15, -0.1) is 23.1 Å². The van der Waals surface area contributed by atoms with Crippen molar-refractivity contribution in [3.63, 3.8) is 0 Å². The number of hydrogen-bond acceptors (Lipinski definition) is 5. The number of aryl methyl sites for hydroxylation is 1. The number of carbonyl (C=O) groups is 1. The van der Waals surface area contributed by atoms with E-state index < -0.39 is 0 Å². The van der Waals surface area contributed by atoms with Gasteiger partial charge in [-0.05, 0) is 31.2 Å². The Labute approximate surface area is 144 Å². The van der Waals surface area contributed by atoms with Crippen molar-refractivity contribution < 1.29 is 14.3 Å². The van der Waals surface area contributed by atoms with Crippen molar-refractivity contribution in [1.29, 1.82) is 0 Å². The third-order valence-corrected chi connectivity index (χ3v) is 6.24. The van der Waals surface area contributed by atoms with Crippen LogP contribution in [0.25, 0.3) is 0 Å². The number of hydrogen-bond donors (Lipinski definition) is 0. The summed E-state index contributed by atoms with van der Waals surface area (Å²) in [4.78, 5) is 17.5. The summed E-state index contributed by atoms with van der Waals surface area (Å²) in [5, 5.41) is 0.0656. The fourth-order valence-electron chi connectivity index (χ4n) is 2.71. The number of amides is 1. The minimum atomic E-state index is -0.0413. The lowest BCUT2D eigenvalue weighted by molar-refractivity contribution is 0.0755. The van der Waals surface area contributed by atoms with Gasteiger partial charge in [-0.3, -0.25) is 4.79 Å². The van der Waals surface area contributed by atoms with Gasteiger partial charge < -0.3 is 14.4 Å². The topological polar surface area (TPSA) is 38.8 Å². The first-order valence-electron chi connectivity index (χ1n) is 7.35. The van der Waals surface area contributed by atoms with E-state index in [4.69, 9.17) is 9.47 Å². The molecule has 0 spiro atoms. The van der Waals surface area contributed by atoms with Crippen LogP contribution < -0.4 is 9.47 Å². The molecule has 1 amide bonds. The lowest BCUT2D eigenvalue weighted by Gasteiger charge is -2.24. The van der Waals surface area contributed by atoms with Crippen LogP contribution in [0, 0.1) is 6.92 Å². The summed E-state index contributed by atoms with van der Waals surface area (Å²) in [5.41, 5.74) is 0.498. The molecule has 1 saturated heterocycles. The summed E-state index contributed by atoms with van der Waals surface area (Å²) in [5.74, 6) is 1.99. The van der Waals surface area contributed by atoms with Crippen LogP contribution in [0.1, 0.15) is 25.5 Å². The molecule has 1 atom stereocenters. The van der Waals surface area contributed by atoms with Gasteiger partial charge in [0.25, 0.3) is 5.91 Å². The predicted molar refractivity (Wildman–Crippen MR) is 94.8 cm³/mol. The molecular formula is C17H19NO3S2. The Morgan fingerprint density at radius 1 is 1.17 bits per heavy atom. The van der Waals surface area contributed by atoms with Crippen LogP contribution in [-0.4, -0.2) is 37.3 Å². The van der Waals surface area contributed by atoms with E-state index in [9.17, 15) is 4.79 Å². The number of rotatable bonds is 4. The number of thioether (sulfide) groups is 1. The summed E-state index contributed by atoms with van der Waals surface area (Å²) in [6.45, 7) is 2.81. The number of ether oxygens (including phenoxy) is 2. The standard InChI is InChI=1S/C17H19NO3S2/c1-11-7-8-14(23-11)17-18(9-10-22-17)16(19)15-12(20-2)5-4-6-13(15)21-3/h4-8,17H,9-10H2,1-3H3/t17-/m1/s1. The average molecular weight is 349 g/mol. The Morgan fingerprint density at radius 3 is 2.43 bits per heavy atom. The molecule has 23 heavy (non-hydrogen) atoms. The molecule has 2 heterocycles. The van der Waals surface area contributed by atoms with Gasteiger partial charge in [0.15, 0.2) is 0 Å². The fourth-order valence-corrected chi connectivity index (χ4v) is 5.08. The Bertz CT molecular complexity index is 691. The zero-order chi connectivity index (χ0) is 16.4. The average Bonchev–Trinajstić information content (AvgIpc) is 3.21. The monoisotopic (exact) mass is 349 g/mol. The molecule has 6 heteroatoms. The van der Waals surface area contributed by atoms with Crippen molar-refractivity contribution in [2.24, 2.45) is 0 Å². The lowest BCUT2D eigenvalue weighted by Crippen LogP contribution is -2.30. The predicted octanol–water partition coefficient (Wildman–Crippen LogP) is 3.96. The van der Waals surface area contributed by atoms with Crippen LogP contribution in [0.4, 0.5) is 0 Å². The third kappa shape index (κ3) is 3.05. The summed E-state index contributed by atoms with van der Waals surface area (Å²) >= 11 is 3.54. The first-order chi connectivity index (χ1) is 11.2. The summed E-state index contributed by atoms with van der Waals surface area (Å²) in [6.07, 6.45) is 0. The van der Waals surface area contributed by atoms with Crippen molar-refractivity contribution in [3.05, 3.63) is 45.6 Å². The van der Waals surface area contributed by atoms with E-state index in [1.54, 1.807) is 49.5 Å². The minimum Gasteiger partial charge on any atom is -0.496 e. The van der Waals surface area contributed by atoms with E-state index in [1.807, 2.05) is 11.0 Å². The van der Waals surface area contributed by atoms with Gasteiger partial charge >= 0.3 is 0 Å². The first-order valence-corrected chi connectivity index (χ1v) is 9.22. The molecule has 0 unspecified atom stereocenters. The highest BCUT2D eigenvalue weighted by molar-refractivity contribution is 7.99. The number of carbonyl (C=O) groups excluding carboxylic acids is 1.